The summed E-state index contributed by atoms with van der Waals surface area (Å²) in [6.07, 6.45) is 0. The number of rotatable bonds is 3. The maximum Gasteiger partial charge on any atom is 0.158 e. The fourth-order valence-electron chi connectivity index (χ4n) is 5.77. The molecule has 3 aromatic carbocycles. The van der Waals surface area contributed by atoms with Crippen LogP contribution in [0, 0.1) is 11.8 Å². The van der Waals surface area contributed by atoms with Crippen molar-refractivity contribution in [2.24, 2.45) is 11.8 Å². The average molecular weight is 476 g/mol. The smallest absolute Gasteiger partial charge is 0.158 e. The summed E-state index contributed by atoms with van der Waals surface area (Å²) in [4.78, 5) is 0. The summed E-state index contributed by atoms with van der Waals surface area (Å²) in [5.41, 5.74) is 1.24. The number of hydrogen-bond donors (Lipinski definition) is 0. The predicted octanol–water partition coefficient (Wildman–Crippen LogP) is 7.20. The summed E-state index contributed by atoms with van der Waals surface area (Å²) < 4.78 is 4.76. The van der Waals surface area contributed by atoms with Crippen LogP contribution < -0.4 is 0 Å². The summed E-state index contributed by atoms with van der Waals surface area (Å²) in [5.74, 6) is -0.385. The van der Waals surface area contributed by atoms with Crippen molar-refractivity contribution in [3.8, 4) is 0 Å². The molecule has 30 heavy (non-hydrogen) atoms. The highest BCUT2D eigenvalue weighted by Gasteiger charge is 2.95. The minimum atomic E-state index is -1.09. The van der Waals surface area contributed by atoms with Crippen LogP contribution in [0.4, 0.5) is 0 Å². The van der Waals surface area contributed by atoms with Crippen molar-refractivity contribution in [1.29, 1.82) is 0 Å². The number of halogens is 4. The molecule has 5 heteroatoms. The van der Waals surface area contributed by atoms with Crippen LogP contribution in [-0.2, 0) is 15.9 Å². The zero-order valence-electron chi connectivity index (χ0n) is 15.8. The summed E-state index contributed by atoms with van der Waals surface area (Å²) in [6, 6.07) is 30.2. The van der Waals surface area contributed by atoms with E-state index in [4.69, 9.17) is 51.1 Å². The van der Waals surface area contributed by atoms with E-state index in [1.807, 2.05) is 78.9 Å². The van der Waals surface area contributed by atoms with Crippen molar-refractivity contribution in [2.75, 3.05) is 0 Å². The summed E-state index contributed by atoms with van der Waals surface area (Å²) in [6.45, 7) is 0. The van der Waals surface area contributed by atoms with E-state index < -0.39 is 19.9 Å². The molecule has 0 aromatic heterocycles. The number of fused-ring (bicyclic) bond motifs is 2. The van der Waals surface area contributed by atoms with Gasteiger partial charge in [0.1, 0.15) is 11.2 Å². The monoisotopic (exact) mass is 474 g/mol. The van der Waals surface area contributed by atoms with E-state index in [9.17, 15) is 0 Å². The Morgan fingerprint density at radius 1 is 0.533 bits per heavy atom. The van der Waals surface area contributed by atoms with Gasteiger partial charge in [-0.1, -0.05) is 137 Å². The Kier molecular flexibility index (Phi) is 4.01. The van der Waals surface area contributed by atoms with Crippen LogP contribution in [0.2, 0.25) is 0 Å². The maximum absolute atomic E-state index is 7.03. The fraction of sp³-hybridized carbons (Fsp3) is 0.280. The minimum Gasteiger partial charge on any atom is -0.352 e. The maximum atomic E-state index is 7.03. The zero-order valence-corrected chi connectivity index (χ0v) is 18.8. The molecule has 2 aliphatic carbocycles. The fourth-order valence-corrected chi connectivity index (χ4v) is 7.77. The van der Waals surface area contributed by atoms with Gasteiger partial charge in [0.15, 0.2) is 8.67 Å². The van der Waals surface area contributed by atoms with Gasteiger partial charge in [-0.25, -0.2) is 0 Å². The molecule has 4 atom stereocenters. The number of ether oxygens (including phenoxy) is 1. The van der Waals surface area contributed by atoms with E-state index in [0.29, 0.717) is 0 Å². The molecule has 0 spiro atoms. The Bertz CT molecular complexity index is 1030. The molecular weight excluding hydrogens is 458 g/mol. The van der Waals surface area contributed by atoms with E-state index in [1.165, 1.54) is 0 Å². The largest absolute Gasteiger partial charge is 0.352 e. The highest BCUT2D eigenvalue weighted by Crippen LogP contribution is 2.89. The zero-order chi connectivity index (χ0) is 20.8. The van der Waals surface area contributed by atoms with Crippen LogP contribution in [0.3, 0.4) is 0 Å². The average Bonchev–Trinajstić information content (AvgIpc) is 3.51. The molecule has 2 saturated carbocycles. The Hall–Kier alpha value is -1.22. The van der Waals surface area contributed by atoms with Crippen molar-refractivity contribution in [3.63, 3.8) is 0 Å². The van der Waals surface area contributed by atoms with E-state index >= 15 is 0 Å². The van der Waals surface area contributed by atoms with Gasteiger partial charge < -0.3 is 4.74 Å². The van der Waals surface area contributed by atoms with E-state index in [0.717, 1.165) is 16.7 Å². The van der Waals surface area contributed by atoms with Crippen molar-refractivity contribution >= 4 is 46.4 Å². The summed E-state index contributed by atoms with van der Waals surface area (Å²) in [5, 5.41) is 0. The molecular formula is C25H18Cl4O. The molecule has 3 aromatic rings. The first-order valence-corrected chi connectivity index (χ1v) is 11.5. The highest BCUT2D eigenvalue weighted by molar-refractivity contribution is 6.54. The van der Waals surface area contributed by atoms with Crippen LogP contribution in [0.5, 0.6) is 0 Å². The van der Waals surface area contributed by atoms with E-state index in [2.05, 4.69) is 12.1 Å². The lowest BCUT2D eigenvalue weighted by atomic mass is 9.82. The molecule has 1 heterocycles. The highest BCUT2D eigenvalue weighted by atomic mass is 35.5. The predicted molar refractivity (Wildman–Crippen MR) is 122 cm³/mol. The second-order valence-electron chi connectivity index (χ2n) is 8.44. The minimum absolute atomic E-state index is 0.0506. The third-order valence-corrected chi connectivity index (χ3v) is 9.17. The molecule has 1 nitrogen and oxygen atoms in total. The lowest BCUT2D eigenvalue weighted by Crippen LogP contribution is -2.35. The van der Waals surface area contributed by atoms with Gasteiger partial charge in [0, 0.05) is 17.8 Å². The molecule has 6 rings (SSSR count). The van der Waals surface area contributed by atoms with E-state index in [-0.39, 0.29) is 17.8 Å². The lowest BCUT2D eigenvalue weighted by molar-refractivity contribution is -0.100. The first kappa shape index (κ1) is 19.5. The van der Waals surface area contributed by atoms with Crippen molar-refractivity contribution in [2.45, 2.75) is 25.8 Å². The standard InChI is InChI=1S/C25H18Cl4O/c26-24(27)20-19(16-10-4-1-5-11-16)21-23(25(21,28)29,18-14-8-3-9-15-18)30-22(20,24)17-12-6-2-7-13-17/h1-15,19-21H. The number of alkyl halides is 4. The van der Waals surface area contributed by atoms with Crippen LogP contribution in [0.25, 0.3) is 0 Å². The lowest BCUT2D eigenvalue weighted by Gasteiger charge is -2.34. The van der Waals surface area contributed by atoms with Crippen LogP contribution >= 0.6 is 46.4 Å². The topological polar surface area (TPSA) is 9.23 Å². The SMILES string of the molecule is ClC1(Cl)C2C(c3ccccc3)C3C(Cl)(Cl)C3(c3ccccc3)OC21c1ccccc1. The molecule has 4 unspecified atom stereocenters. The second kappa shape index (κ2) is 6.18. The van der Waals surface area contributed by atoms with Gasteiger partial charge in [0.25, 0.3) is 0 Å². The quantitative estimate of drug-likeness (QED) is 0.364. The van der Waals surface area contributed by atoms with Crippen molar-refractivity contribution < 1.29 is 4.74 Å². The number of benzene rings is 3. The molecule has 0 bridgehead atoms. The Balaban J connectivity index is 1.61. The first-order chi connectivity index (χ1) is 14.4. The van der Waals surface area contributed by atoms with Gasteiger partial charge in [-0.05, 0) is 16.7 Å². The summed E-state index contributed by atoms with van der Waals surface area (Å²) in [7, 11) is 0. The molecule has 3 fully saturated rings. The van der Waals surface area contributed by atoms with Gasteiger partial charge in [-0.15, -0.1) is 0 Å². The molecule has 152 valence electrons. The number of hydrogen-bond acceptors (Lipinski definition) is 1. The van der Waals surface area contributed by atoms with Gasteiger partial charge in [-0.3, -0.25) is 0 Å². The van der Waals surface area contributed by atoms with Gasteiger partial charge >= 0.3 is 0 Å². The molecule has 0 amide bonds. The Labute approximate surface area is 195 Å². The second-order valence-corrected chi connectivity index (χ2v) is 11.2. The van der Waals surface area contributed by atoms with Gasteiger partial charge in [0.05, 0.1) is 0 Å². The van der Waals surface area contributed by atoms with Crippen LogP contribution in [0.15, 0.2) is 91.0 Å². The molecule has 0 N–H and O–H groups in total. The first-order valence-electron chi connectivity index (χ1n) is 10.0. The molecule has 0 radical (unpaired) electrons. The van der Waals surface area contributed by atoms with Crippen molar-refractivity contribution in [3.05, 3.63) is 108 Å². The Morgan fingerprint density at radius 3 is 1.30 bits per heavy atom. The molecule has 1 aliphatic heterocycles. The van der Waals surface area contributed by atoms with Gasteiger partial charge in [0.2, 0.25) is 0 Å². The summed E-state index contributed by atoms with van der Waals surface area (Å²) >= 11 is 28.1. The normalized spacial score (nSPS) is 37.0. The van der Waals surface area contributed by atoms with Crippen molar-refractivity contribution in [1.82, 2.24) is 0 Å². The third-order valence-electron chi connectivity index (χ3n) is 7.11. The van der Waals surface area contributed by atoms with Gasteiger partial charge in [-0.2, -0.15) is 0 Å². The Morgan fingerprint density at radius 2 is 0.900 bits per heavy atom. The van der Waals surface area contributed by atoms with Crippen LogP contribution in [0.1, 0.15) is 22.6 Å². The molecule has 3 aliphatic rings. The van der Waals surface area contributed by atoms with E-state index in [1.54, 1.807) is 0 Å². The van der Waals surface area contributed by atoms with Crippen LogP contribution in [-0.4, -0.2) is 8.67 Å². The third kappa shape index (κ3) is 2.16. The molecule has 1 saturated heterocycles.